The highest BCUT2D eigenvalue weighted by Gasteiger charge is 2.30. The maximum atomic E-state index is 12.3. The molecule has 3 aromatic rings. The quantitative estimate of drug-likeness (QED) is 0.678. The fraction of sp³-hybridized carbons (Fsp3) is 0.190. The van der Waals surface area contributed by atoms with E-state index in [4.69, 9.17) is 0 Å². The monoisotopic (exact) mass is 333 g/mol. The summed E-state index contributed by atoms with van der Waals surface area (Å²) in [5.41, 5.74) is 5.82. The molecule has 2 heterocycles. The fourth-order valence-corrected chi connectivity index (χ4v) is 4.47. The van der Waals surface area contributed by atoms with Crippen molar-refractivity contribution < 1.29 is 4.79 Å². The minimum atomic E-state index is 0.0997. The van der Waals surface area contributed by atoms with Crippen LogP contribution < -0.4 is 5.32 Å². The first-order chi connectivity index (χ1) is 11.8. The molecule has 1 aliphatic heterocycles. The maximum Gasteiger partial charge on any atom is 0.225 e. The summed E-state index contributed by atoms with van der Waals surface area (Å²) in [7, 11) is 0. The third-order valence-corrected chi connectivity index (χ3v) is 5.76. The molecule has 0 spiro atoms. The van der Waals surface area contributed by atoms with Crippen LogP contribution in [0, 0.1) is 0 Å². The van der Waals surface area contributed by atoms with E-state index < -0.39 is 0 Å². The van der Waals surface area contributed by atoms with Crippen LogP contribution in [0.2, 0.25) is 0 Å². The lowest BCUT2D eigenvalue weighted by Crippen LogP contribution is -2.22. The molecule has 1 amide bonds. The Labute approximate surface area is 146 Å². The van der Waals surface area contributed by atoms with Crippen molar-refractivity contribution in [2.24, 2.45) is 0 Å². The summed E-state index contributed by atoms with van der Waals surface area (Å²) >= 11 is 1.75. The number of aryl methyl sites for hydroxylation is 1. The molecule has 3 heteroatoms. The molecule has 0 saturated carbocycles. The highest BCUT2D eigenvalue weighted by atomic mass is 32.1. The molecule has 1 atom stereocenters. The van der Waals surface area contributed by atoms with Gasteiger partial charge in [0.05, 0.1) is 5.69 Å². The van der Waals surface area contributed by atoms with Gasteiger partial charge in [0.15, 0.2) is 0 Å². The van der Waals surface area contributed by atoms with Crippen molar-refractivity contribution >= 4 is 22.9 Å². The van der Waals surface area contributed by atoms with Crippen LogP contribution in [0.25, 0.3) is 11.1 Å². The zero-order valence-electron chi connectivity index (χ0n) is 13.6. The normalized spacial score (nSPS) is 16.5. The first kappa shape index (κ1) is 15.2. The number of hydrogen-bond acceptors (Lipinski definition) is 2. The molecule has 0 bridgehead atoms. The summed E-state index contributed by atoms with van der Waals surface area (Å²) < 4.78 is 0. The summed E-state index contributed by atoms with van der Waals surface area (Å²) in [5, 5.41) is 5.27. The number of hydrogen-bond donors (Lipinski definition) is 1. The van der Waals surface area contributed by atoms with E-state index in [1.54, 1.807) is 11.3 Å². The molecule has 1 aromatic heterocycles. The minimum absolute atomic E-state index is 0.0997. The standard InChI is InChI=1S/C21H19NOS/c1-2-14-8-10-16(11-9-14)17-12-19(23)22-20-18(13-24-21(17)20)15-6-4-3-5-7-15/h3-11,13,17H,2,12H2,1H3,(H,22,23)/t17-/m1/s1. The van der Waals surface area contributed by atoms with Crippen LogP contribution in [-0.4, -0.2) is 5.91 Å². The largest absolute Gasteiger partial charge is 0.325 e. The third kappa shape index (κ3) is 2.65. The highest BCUT2D eigenvalue weighted by Crippen LogP contribution is 2.46. The Balaban J connectivity index is 1.78. The Morgan fingerprint density at radius 3 is 2.54 bits per heavy atom. The van der Waals surface area contributed by atoms with Crippen molar-refractivity contribution in [3.05, 3.63) is 76.0 Å². The molecule has 0 radical (unpaired) electrons. The smallest absolute Gasteiger partial charge is 0.225 e. The van der Waals surface area contributed by atoms with Crippen LogP contribution in [0.4, 0.5) is 5.69 Å². The van der Waals surface area contributed by atoms with E-state index in [1.807, 2.05) is 18.2 Å². The number of amides is 1. The average Bonchev–Trinajstić information content (AvgIpc) is 3.05. The van der Waals surface area contributed by atoms with Gasteiger partial charge in [0, 0.05) is 28.2 Å². The zero-order chi connectivity index (χ0) is 16.5. The first-order valence-corrected chi connectivity index (χ1v) is 9.19. The number of carbonyl (C=O) groups is 1. The topological polar surface area (TPSA) is 29.1 Å². The number of carbonyl (C=O) groups excluding carboxylic acids is 1. The summed E-state index contributed by atoms with van der Waals surface area (Å²) in [5.74, 6) is 0.254. The van der Waals surface area contributed by atoms with Gasteiger partial charge in [0.2, 0.25) is 5.91 Å². The van der Waals surface area contributed by atoms with Gasteiger partial charge in [-0.05, 0) is 23.1 Å². The SMILES string of the molecule is CCc1ccc([C@H]2CC(=O)Nc3c(-c4ccccc4)csc32)cc1. The van der Waals surface area contributed by atoms with Crippen molar-refractivity contribution in [1.29, 1.82) is 0 Å². The van der Waals surface area contributed by atoms with E-state index in [9.17, 15) is 4.79 Å². The van der Waals surface area contributed by atoms with E-state index in [0.29, 0.717) is 6.42 Å². The van der Waals surface area contributed by atoms with Crippen molar-refractivity contribution in [1.82, 2.24) is 0 Å². The van der Waals surface area contributed by atoms with Crippen LogP contribution >= 0.6 is 11.3 Å². The van der Waals surface area contributed by atoms with Crippen molar-refractivity contribution in [3.63, 3.8) is 0 Å². The number of benzene rings is 2. The number of thiophene rings is 1. The maximum absolute atomic E-state index is 12.3. The molecular formula is C21H19NOS. The Bertz CT molecular complexity index is 865. The number of fused-ring (bicyclic) bond motifs is 1. The third-order valence-electron chi connectivity index (χ3n) is 4.67. The van der Waals surface area contributed by atoms with Gasteiger partial charge in [0.25, 0.3) is 0 Å². The lowest BCUT2D eigenvalue weighted by Gasteiger charge is -2.24. The van der Waals surface area contributed by atoms with E-state index in [1.165, 1.54) is 16.0 Å². The van der Waals surface area contributed by atoms with Crippen molar-refractivity contribution in [2.45, 2.75) is 25.7 Å². The van der Waals surface area contributed by atoms with Crippen molar-refractivity contribution in [3.8, 4) is 11.1 Å². The van der Waals surface area contributed by atoms with Crippen LogP contribution in [0.3, 0.4) is 0 Å². The fourth-order valence-electron chi connectivity index (χ4n) is 3.31. The Morgan fingerprint density at radius 2 is 1.83 bits per heavy atom. The zero-order valence-corrected chi connectivity index (χ0v) is 14.4. The molecule has 0 aliphatic carbocycles. The molecule has 0 unspecified atom stereocenters. The van der Waals surface area contributed by atoms with Crippen LogP contribution in [0.1, 0.15) is 35.3 Å². The van der Waals surface area contributed by atoms with Gasteiger partial charge >= 0.3 is 0 Å². The molecule has 0 saturated heterocycles. The predicted octanol–water partition coefficient (Wildman–Crippen LogP) is 5.45. The minimum Gasteiger partial charge on any atom is -0.325 e. The summed E-state index contributed by atoms with van der Waals surface area (Å²) in [6, 6.07) is 19.0. The predicted molar refractivity (Wildman–Crippen MR) is 101 cm³/mol. The van der Waals surface area contributed by atoms with E-state index in [-0.39, 0.29) is 11.8 Å². The van der Waals surface area contributed by atoms with Crippen LogP contribution in [-0.2, 0) is 11.2 Å². The summed E-state index contributed by atoms with van der Waals surface area (Å²) in [4.78, 5) is 13.6. The van der Waals surface area contributed by atoms with Crippen LogP contribution in [0.5, 0.6) is 0 Å². The Morgan fingerprint density at radius 1 is 1.08 bits per heavy atom. The molecule has 4 rings (SSSR count). The molecule has 2 nitrogen and oxygen atoms in total. The Kier molecular flexibility index (Phi) is 3.95. The first-order valence-electron chi connectivity index (χ1n) is 8.31. The second kappa shape index (κ2) is 6.25. The van der Waals surface area contributed by atoms with Crippen LogP contribution in [0.15, 0.2) is 60.0 Å². The van der Waals surface area contributed by atoms with Gasteiger partial charge < -0.3 is 5.32 Å². The number of anilines is 1. The second-order valence-electron chi connectivity index (χ2n) is 6.15. The number of rotatable bonds is 3. The van der Waals surface area contributed by atoms with E-state index in [0.717, 1.165) is 23.2 Å². The summed E-state index contributed by atoms with van der Waals surface area (Å²) in [6.45, 7) is 2.16. The average molecular weight is 333 g/mol. The van der Waals surface area contributed by atoms with Gasteiger partial charge in [-0.25, -0.2) is 0 Å². The molecule has 120 valence electrons. The molecule has 0 fully saturated rings. The summed E-state index contributed by atoms with van der Waals surface area (Å²) in [6.07, 6.45) is 1.56. The number of nitrogens with one attached hydrogen (secondary N) is 1. The van der Waals surface area contributed by atoms with Gasteiger partial charge in [0.1, 0.15) is 0 Å². The van der Waals surface area contributed by atoms with Gasteiger partial charge in [-0.2, -0.15) is 0 Å². The lowest BCUT2D eigenvalue weighted by molar-refractivity contribution is -0.116. The molecule has 24 heavy (non-hydrogen) atoms. The molecular weight excluding hydrogens is 314 g/mol. The van der Waals surface area contributed by atoms with Crippen molar-refractivity contribution in [2.75, 3.05) is 5.32 Å². The van der Waals surface area contributed by atoms with E-state index in [2.05, 4.69) is 54.0 Å². The second-order valence-corrected chi connectivity index (χ2v) is 7.07. The highest BCUT2D eigenvalue weighted by molar-refractivity contribution is 7.11. The lowest BCUT2D eigenvalue weighted by atomic mass is 9.88. The van der Waals surface area contributed by atoms with Gasteiger partial charge in [-0.1, -0.05) is 61.5 Å². The molecule has 1 aliphatic rings. The molecule has 1 N–H and O–H groups in total. The van der Waals surface area contributed by atoms with Gasteiger partial charge in [-0.3, -0.25) is 4.79 Å². The van der Waals surface area contributed by atoms with E-state index >= 15 is 0 Å². The molecule has 2 aromatic carbocycles. The Hall–Kier alpha value is -2.39. The van der Waals surface area contributed by atoms with Gasteiger partial charge in [-0.15, -0.1) is 11.3 Å².